The fraction of sp³-hybridized carbons (Fsp3) is 0.312. The number of carbonyl (C=O) groups is 1. The van der Waals surface area contributed by atoms with Gasteiger partial charge in [0.15, 0.2) is 0 Å². The molecule has 0 aliphatic heterocycles. The third kappa shape index (κ3) is 3.68. The molecule has 4 heteroatoms. The minimum Gasteiger partial charge on any atom is -0.380 e. The molecule has 2 rings (SSSR count). The van der Waals surface area contributed by atoms with E-state index in [4.69, 9.17) is 4.74 Å². The van der Waals surface area contributed by atoms with Crippen molar-refractivity contribution in [2.24, 2.45) is 0 Å². The summed E-state index contributed by atoms with van der Waals surface area (Å²) in [5.74, 6) is -0.0102. The fourth-order valence-electron chi connectivity index (χ4n) is 2.13. The highest BCUT2D eigenvalue weighted by Crippen LogP contribution is 2.20. The van der Waals surface area contributed by atoms with Crippen molar-refractivity contribution in [1.82, 2.24) is 5.32 Å². The zero-order valence-electron chi connectivity index (χ0n) is 12.0. The van der Waals surface area contributed by atoms with Gasteiger partial charge in [-0.05, 0) is 31.0 Å². The van der Waals surface area contributed by atoms with Crippen molar-refractivity contribution in [3.05, 3.63) is 56.8 Å². The largest absolute Gasteiger partial charge is 0.380 e. The summed E-state index contributed by atoms with van der Waals surface area (Å²) in [4.78, 5) is 14.4. The fourth-order valence-corrected chi connectivity index (χ4v) is 3.05. The van der Waals surface area contributed by atoms with E-state index in [1.807, 2.05) is 38.1 Å². The predicted molar refractivity (Wildman–Crippen MR) is 82.1 cm³/mol. The topological polar surface area (TPSA) is 38.3 Å². The molecule has 0 radical (unpaired) electrons. The van der Waals surface area contributed by atoms with Crippen molar-refractivity contribution in [2.45, 2.75) is 27.0 Å². The van der Waals surface area contributed by atoms with Crippen LogP contribution in [0.4, 0.5) is 0 Å². The first-order valence-electron chi connectivity index (χ1n) is 6.52. The van der Waals surface area contributed by atoms with Crippen LogP contribution in [0, 0.1) is 13.8 Å². The molecule has 0 bridgehead atoms. The molecule has 1 aromatic carbocycles. The number of rotatable bonds is 5. The first-order valence-corrected chi connectivity index (χ1v) is 7.34. The van der Waals surface area contributed by atoms with Crippen LogP contribution in [-0.2, 0) is 17.9 Å². The van der Waals surface area contributed by atoms with Crippen LogP contribution in [0.15, 0.2) is 30.3 Å². The average Bonchev–Trinajstić information content (AvgIpc) is 2.76. The summed E-state index contributed by atoms with van der Waals surface area (Å²) in [6.45, 7) is 5.11. The van der Waals surface area contributed by atoms with Crippen LogP contribution in [-0.4, -0.2) is 13.0 Å². The molecular formula is C16H19NO2S. The van der Waals surface area contributed by atoms with Gasteiger partial charge in [-0.25, -0.2) is 0 Å². The molecule has 106 valence electrons. The quantitative estimate of drug-likeness (QED) is 0.915. The first-order chi connectivity index (χ1) is 9.60. The molecular weight excluding hydrogens is 270 g/mol. The molecule has 0 aliphatic carbocycles. The van der Waals surface area contributed by atoms with E-state index < -0.39 is 0 Å². The third-order valence-corrected chi connectivity index (χ3v) is 4.01. The molecule has 20 heavy (non-hydrogen) atoms. The number of benzene rings is 1. The Kier molecular flexibility index (Phi) is 4.93. The van der Waals surface area contributed by atoms with E-state index in [9.17, 15) is 4.79 Å². The van der Waals surface area contributed by atoms with Crippen molar-refractivity contribution in [1.29, 1.82) is 0 Å². The normalized spacial score (nSPS) is 10.6. The maximum absolute atomic E-state index is 12.1. The lowest BCUT2D eigenvalue weighted by molar-refractivity contribution is 0.0951. The number of hydrogen-bond acceptors (Lipinski definition) is 3. The van der Waals surface area contributed by atoms with Gasteiger partial charge in [-0.1, -0.05) is 24.3 Å². The summed E-state index contributed by atoms with van der Waals surface area (Å²) in [5, 5.41) is 2.97. The maximum atomic E-state index is 12.1. The Morgan fingerprint density at radius 1 is 1.25 bits per heavy atom. The minimum atomic E-state index is -0.0102. The maximum Gasteiger partial charge on any atom is 0.252 e. The lowest BCUT2D eigenvalue weighted by Gasteiger charge is -2.07. The monoisotopic (exact) mass is 289 g/mol. The molecule has 1 amide bonds. The van der Waals surface area contributed by atoms with Gasteiger partial charge in [-0.15, -0.1) is 11.3 Å². The average molecular weight is 289 g/mol. The van der Waals surface area contributed by atoms with Gasteiger partial charge in [0.25, 0.3) is 5.91 Å². The van der Waals surface area contributed by atoms with Crippen LogP contribution in [0.5, 0.6) is 0 Å². The van der Waals surface area contributed by atoms with Crippen LogP contribution in [0.3, 0.4) is 0 Å². The standard InChI is InChI=1S/C16H19NO2S/c1-11-7-15(12(2)20-11)16(18)17-9-13-5-4-6-14(8-13)10-19-3/h4-8H,9-10H2,1-3H3,(H,17,18). The van der Waals surface area contributed by atoms with Crippen LogP contribution in [0.25, 0.3) is 0 Å². The predicted octanol–water partition coefficient (Wildman–Crippen LogP) is 3.44. The molecule has 0 aliphatic rings. The second-order valence-electron chi connectivity index (χ2n) is 4.76. The smallest absolute Gasteiger partial charge is 0.252 e. The van der Waals surface area contributed by atoms with Crippen molar-refractivity contribution in [3.8, 4) is 0 Å². The Morgan fingerprint density at radius 2 is 2.00 bits per heavy atom. The van der Waals surface area contributed by atoms with Crippen molar-refractivity contribution < 1.29 is 9.53 Å². The second-order valence-corrected chi connectivity index (χ2v) is 6.22. The summed E-state index contributed by atoms with van der Waals surface area (Å²) in [7, 11) is 1.68. The van der Waals surface area contributed by atoms with E-state index >= 15 is 0 Å². The number of methoxy groups -OCH3 is 1. The van der Waals surface area contributed by atoms with Crippen molar-refractivity contribution in [3.63, 3.8) is 0 Å². The van der Waals surface area contributed by atoms with Gasteiger partial charge >= 0.3 is 0 Å². The van der Waals surface area contributed by atoms with Crippen molar-refractivity contribution >= 4 is 17.2 Å². The molecule has 0 atom stereocenters. The highest BCUT2D eigenvalue weighted by Gasteiger charge is 2.11. The number of ether oxygens (including phenoxy) is 1. The molecule has 0 spiro atoms. The lowest BCUT2D eigenvalue weighted by Crippen LogP contribution is -2.22. The van der Waals surface area contributed by atoms with Gasteiger partial charge in [-0.2, -0.15) is 0 Å². The summed E-state index contributed by atoms with van der Waals surface area (Å²) in [6, 6.07) is 9.99. The molecule has 0 fully saturated rings. The Balaban J connectivity index is 1.99. The molecule has 0 saturated heterocycles. The summed E-state index contributed by atoms with van der Waals surface area (Å²) in [5.41, 5.74) is 2.97. The van der Waals surface area contributed by atoms with Gasteiger partial charge in [0, 0.05) is 23.4 Å². The number of thiophene rings is 1. The summed E-state index contributed by atoms with van der Waals surface area (Å²) >= 11 is 1.65. The number of amides is 1. The highest BCUT2D eigenvalue weighted by atomic mass is 32.1. The van der Waals surface area contributed by atoms with Crippen LogP contribution >= 0.6 is 11.3 Å². The zero-order chi connectivity index (χ0) is 14.5. The SMILES string of the molecule is COCc1cccc(CNC(=O)c2cc(C)sc2C)c1. The van der Waals surface area contributed by atoms with E-state index in [2.05, 4.69) is 11.4 Å². The second kappa shape index (κ2) is 6.68. The Bertz CT molecular complexity index is 604. The summed E-state index contributed by atoms with van der Waals surface area (Å²) in [6.07, 6.45) is 0. The van der Waals surface area contributed by atoms with Crippen molar-refractivity contribution in [2.75, 3.05) is 7.11 Å². The Morgan fingerprint density at radius 3 is 2.65 bits per heavy atom. The van der Waals surface area contributed by atoms with Gasteiger partial charge in [0.1, 0.15) is 0 Å². The van der Waals surface area contributed by atoms with E-state index in [0.29, 0.717) is 13.2 Å². The molecule has 0 unspecified atom stereocenters. The summed E-state index contributed by atoms with van der Waals surface area (Å²) < 4.78 is 5.11. The number of nitrogens with one attached hydrogen (secondary N) is 1. The van der Waals surface area contributed by atoms with Gasteiger partial charge in [0.05, 0.1) is 12.2 Å². The van der Waals surface area contributed by atoms with Gasteiger partial charge in [-0.3, -0.25) is 4.79 Å². The Labute approximate surface area is 123 Å². The number of aryl methyl sites for hydroxylation is 2. The van der Waals surface area contributed by atoms with E-state index in [0.717, 1.165) is 26.4 Å². The first kappa shape index (κ1) is 14.8. The highest BCUT2D eigenvalue weighted by molar-refractivity contribution is 7.12. The third-order valence-electron chi connectivity index (χ3n) is 3.04. The van der Waals surface area contributed by atoms with Crippen LogP contribution in [0.2, 0.25) is 0 Å². The molecule has 0 saturated carbocycles. The molecule has 1 N–H and O–H groups in total. The van der Waals surface area contributed by atoms with E-state index in [-0.39, 0.29) is 5.91 Å². The Hall–Kier alpha value is -1.65. The molecule has 3 nitrogen and oxygen atoms in total. The van der Waals surface area contributed by atoms with E-state index in [1.165, 1.54) is 0 Å². The molecule has 1 aromatic heterocycles. The molecule has 1 heterocycles. The van der Waals surface area contributed by atoms with Crippen LogP contribution in [0.1, 0.15) is 31.2 Å². The molecule has 2 aromatic rings. The van der Waals surface area contributed by atoms with Crippen LogP contribution < -0.4 is 5.32 Å². The number of hydrogen-bond donors (Lipinski definition) is 1. The minimum absolute atomic E-state index is 0.0102. The van der Waals surface area contributed by atoms with Gasteiger partial charge < -0.3 is 10.1 Å². The lowest BCUT2D eigenvalue weighted by atomic mass is 10.1. The zero-order valence-corrected chi connectivity index (χ0v) is 12.8. The number of carbonyl (C=O) groups excluding carboxylic acids is 1. The van der Waals surface area contributed by atoms with E-state index in [1.54, 1.807) is 18.4 Å². The van der Waals surface area contributed by atoms with Gasteiger partial charge in [0.2, 0.25) is 0 Å².